The van der Waals surface area contributed by atoms with Crippen LogP contribution >= 0.6 is 15.9 Å². The smallest absolute Gasteiger partial charge is 0.181 e. The van der Waals surface area contributed by atoms with E-state index in [9.17, 15) is 4.79 Å². The maximum absolute atomic E-state index is 12.5. The Bertz CT molecular complexity index is 1240. The van der Waals surface area contributed by atoms with E-state index < -0.39 is 0 Å². The predicted molar refractivity (Wildman–Crippen MR) is 139 cm³/mol. The van der Waals surface area contributed by atoms with E-state index in [-0.39, 0.29) is 5.78 Å². The molecule has 0 spiro atoms. The lowest BCUT2D eigenvalue weighted by Crippen LogP contribution is -2.14. The van der Waals surface area contributed by atoms with Gasteiger partial charge < -0.3 is 9.47 Å². The number of hydrogen-bond acceptors (Lipinski definition) is 3. The molecule has 2 heterocycles. The van der Waals surface area contributed by atoms with Crippen molar-refractivity contribution in [3.8, 4) is 28.2 Å². The number of halogens is 1. The van der Waals surface area contributed by atoms with Crippen molar-refractivity contribution in [2.24, 2.45) is 0 Å². The van der Waals surface area contributed by atoms with Gasteiger partial charge in [0.1, 0.15) is 5.69 Å². The summed E-state index contributed by atoms with van der Waals surface area (Å²) in [5, 5.41) is 0. The molecule has 0 atom stereocenters. The van der Waals surface area contributed by atoms with Crippen molar-refractivity contribution in [2.75, 3.05) is 20.6 Å². The molecule has 4 rings (SSSR count). The fourth-order valence-electron chi connectivity index (χ4n) is 3.98. The highest BCUT2D eigenvalue weighted by Gasteiger charge is 2.16. The highest BCUT2D eigenvalue weighted by molar-refractivity contribution is 9.10. The van der Waals surface area contributed by atoms with E-state index in [1.807, 2.05) is 32.4 Å². The second-order valence-corrected chi connectivity index (χ2v) is 9.41. The third-order valence-electron chi connectivity index (χ3n) is 5.73. The zero-order valence-electron chi connectivity index (χ0n) is 19.3. The molecular formula is C28H28BrN3O. The van der Waals surface area contributed by atoms with Crippen molar-refractivity contribution in [3.05, 3.63) is 94.7 Å². The van der Waals surface area contributed by atoms with Crippen molar-refractivity contribution < 1.29 is 4.79 Å². The van der Waals surface area contributed by atoms with Crippen LogP contribution in [0.5, 0.6) is 0 Å². The van der Waals surface area contributed by atoms with Gasteiger partial charge in [0.05, 0.1) is 11.4 Å². The first-order valence-corrected chi connectivity index (χ1v) is 11.9. The van der Waals surface area contributed by atoms with Gasteiger partial charge in [0.15, 0.2) is 5.78 Å². The molecule has 0 aliphatic carbocycles. The molecule has 0 amide bonds. The maximum Gasteiger partial charge on any atom is 0.181 e. The lowest BCUT2D eigenvalue weighted by molar-refractivity contribution is 0.0972. The number of para-hydroxylation sites is 1. The van der Waals surface area contributed by atoms with E-state index in [2.05, 4.69) is 98.0 Å². The normalized spacial score (nSPS) is 11.2. The Morgan fingerprint density at radius 1 is 0.909 bits per heavy atom. The van der Waals surface area contributed by atoms with Gasteiger partial charge in [-0.1, -0.05) is 46.3 Å². The topological polar surface area (TPSA) is 38.1 Å². The van der Waals surface area contributed by atoms with Crippen LogP contribution in [-0.4, -0.2) is 40.9 Å². The summed E-state index contributed by atoms with van der Waals surface area (Å²) >= 11 is 3.53. The largest absolute Gasteiger partial charge is 0.309 e. The summed E-state index contributed by atoms with van der Waals surface area (Å²) in [6.07, 6.45) is 3.16. The molecule has 0 saturated carbocycles. The highest BCUT2D eigenvalue weighted by Crippen LogP contribution is 2.34. The number of pyridine rings is 1. The molecule has 0 unspecified atom stereocenters. The molecule has 0 fully saturated rings. The number of benzene rings is 2. The van der Waals surface area contributed by atoms with Crippen LogP contribution in [0.1, 0.15) is 28.9 Å². The van der Waals surface area contributed by atoms with E-state index in [0.29, 0.717) is 12.1 Å². The zero-order valence-corrected chi connectivity index (χ0v) is 20.8. The molecule has 2 aromatic carbocycles. The zero-order chi connectivity index (χ0) is 23.4. The van der Waals surface area contributed by atoms with Crippen molar-refractivity contribution in [1.82, 2.24) is 14.5 Å². The second kappa shape index (κ2) is 10.3. The lowest BCUT2D eigenvalue weighted by atomic mass is 10.1. The van der Waals surface area contributed by atoms with Gasteiger partial charge in [-0.25, -0.2) is 0 Å². The van der Waals surface area contributed by atoms with Crippen molar-refractivity contribution >= 4 is 21.7 Å². The van der Waals surface area contributed by atoms with Crippen LogP contribution in [0.15, 0.2) is 83.5 Å². The number of Topliss-reactive ketones (excluding diaryl/α,β-unsaturated/α-hetero) is 1. The quantitative estimate of drug-likeness (QED) is 0.249. The Morgan fingerprint density at radius 2 is 1.58 bits per heavy atom. The van der Waals surface area contributed by atoms with Gasteiger partial charge in [-0.05, 0) is 87.6 Å². The van der Waals surface area contributed by atoms with E-state index >= 15 is 0 Å². The highest BCUT2D eigenvalue weighted by atomic mass is 79.9. The number of aryl methyl sites for hydroxylation is 1. The van der Waals surface area contributed by atoms with Gasteiger partial charge in [-0.2, -0.15) is 0 Å². The van der Waals surface area contributed by atoms with Gasteiger partial charge in [-0.15, -0.1) is 0 Å². The molecular weight excluding hydrogens is 474 g/mol. The maximum atomic E-state index is 12.5. The monoisotopic (exact) mass is 501 g/mol. The molecule has 4 aromatic rings. The molecule has 168 valence electrons. The molecule has 0 saturated heterocycles. The van der Waals surface area contributed by atoms with Crippen molar-refractivity contribution in [2.45, 2.75) is 19.8 Å². The molecule has 0 radical (unpaired) electrons. The van der Waals surface area contributed by atoms with Crippen LogP contribution in [0.4, 0.5) is 0 Å². The van der Waals surface area contributed by atoms with Crippen molar-refractivity contribution in [3.63, 3.8) is 0 Å². The first-order chi connectivity index (χ1) is 15.9. The predicted octanol–water partition coefficient (Wildman–Crippen LogP) is 6.80. The lowest BCUT2D eigenvalue weighted by Gasteiger charge is -2.16. The Morgan fingerprint density at radius 3 is 2.21 bits per heavy atom. The molecule has 0 N–H and O–H groups in total. The number of ketones is 1. The first-order valence-electron chi connectivity index (χ1n) is 11.1. The molecule has 0 aliphatic heterocycles. The minimum Gasteiger partial charge on any atom is -0.309 e. The molecule has 4 nitrogen and oxygen atoms in total. The number of carbonyl (C=O) groups excluding carboxylic acids is 1. The van der Waals surface area contributed by atoms with Crippen LogP contribution < -0.4 is 0 Å². The van der Waals surface area contributed by atoms with Gasteiger partial charge in [0.25, 0.3) is 0 Å². The Labute approximate surface area is 204 Å². The van der Waals surface area contributed by atoms with Crippen molar-refractivity contribution in [1.29, 1.82) is 0 Å². The summed E-state index contributed by atoms with van der Waals surface area (Å²) in [5.74, 6) is 0.0910. The van der Waals surface area contributed by atoms with E-state index in [0.717, 1.165) is 45.6 Å². The van der Waals surface area contributed by atoms with Crippen LogP contribution in [0.3, 0.4) is 0 Å². The fraction of sp³-hybridized carbons (Fsp3) is 0.214. The van der Waals surface area contributed by atoms with E-state index in [4.69, 9.17) is 0 Å². The molecule has 0 bridgehead atoms. The van der Waals surface area contributed by atoms with E-state index in [1.54, 1.807) is 0 Å². The summed E-state index contributed by atoms with van der Waals surface area (Å²) in [5.41, 5.74) is 7.10. The first kappa shape index (κ1) is 23.1. The average molecular weight is 502 g/mol. The summed E-state index contributed by atoms with van der Waals surface area (Å²) < 4.78 is 3.32. The van der Waals surface area contributed by atoms with Crippen LogP contribution in [0, 0.1) is 6.92 Å². The average Bonchev–Trinajstić information content (AvgIpc) is 3.24. The number of carbonyl (C=O) groups is 1. The Hall–Kier alpha value is -3.02. The Kier molecular flexibility index (Phi) is 7.21. The summed E-state index contributed by atoms with van der Waals surface area (Å²) in [4.78, 5) is 19.1. The summed E-state index contributed by atoms with van der Waals surface area (Å²) in [6, 6.07) is 24.8. The standard InChI is InChI=1S/C28H28BrN3O/c1-20-7-4-5-8-25(20)32-26(21-10-13-23(29)14-11-21)16-17-27(32)22-12-15-24(30-19-22)28(33)9-6-18-31(2)3/h4-5,7-8,10-17,19H,6,9,18H2,1-3H3. The fourth-order valence-corrected chi connectivity index (χ4v) is 4.24. The van der Waals surface area contributed by atoms with Gasteiger partial charge in [0.2, 0.25) is 0 Å². The number of nitrogens with zero attached hydrogens (tertiary/aromatic N) is 3. The number of hydrogen-bond donors (Lipinski definition) is 0. The summed E-state index contributed by atoms with van der Waals surface area (Å²) in [6.45, 7) is 3.02. The van der Waals surface area contributed by atoms with Gasteiger partial charge >= 0.3 is 0 Å². The molecule has 5 heteroatoms. The minimum atomic E-state index is 0.0910. The van der Waals surface area contributed by atoms with Crippen LogP contribution in [-0.2, 0) is 0 Å². The second-order valence-electron chi connectivity index (χ2n) is 8.49. The third-order valence-corrected chi connectivity index (χ3v) is 6.26. The minimum absolute atomic E-state index is 0.0910. The van der Waals surface area contributed by atoms with E-state index in [1.165, 1.54) is 5.56 Å². The SMILES string of the molecule is Cc1ccccc1-n1c(-c2ccc(Br)cc2)ccc1-c1ccc(C(=O)CCCN(C)C)nc1. The molecule has 0 aliphatic rings. The van der Waals surface area contributed by atoms with Crippen LogP contribution in [0.2, 0.25) is 0 Å². The van der Waals surface area contributed by atoms with Gasteiger partial charge in [-0.3, -0.25) is 9.78 Å². The number of aromatic nitrogens is 2. The molecule has 33 heavy (non-hydrogen) atoms. The van der Waals surface area contributed by atoms with Gasteiger partial charge in [0, 0.05) is 28.3 Å². The third kappa shape index (κ3) is 5.32. The van der Waals surface area contributed by atoms with Crippen LogP contribution in [0.25, 0.3) is 28.2 Å². The number of rotatable bonds is 8. The summed E-state index contributed by atoms with van der Waals surface area (Å²) in [7, 11) is 4.03. The Balaban J connectivity index is 1.71. The molecule has 2 aromatic heterocycles.